The SMILES string of the molecule is COc1ccc(-n2c(C=Cc3ccc(F)cc3)nc3cc(OC)c(OC)cc3c2=O)cc1Cl. The Bertz CT molecular complexity index is 1420. The first-order valence-corrected chi connectivity index (χ1v) is 10.3. The summed E-state index contributed by atoms with van der Waals surface area (Å²) < 4.78 is 30.7. The molecule has 4 aromatic rings. The van der Waals surface area contributed by atoms with Crippen LogP contribution in [0.2, 0.25) is 5.02 Å². The molecule has 6 nitrogen and oxygen atoms in total. The molecule has 168 valence electrons. The molecule has 1 heterocycles. The lowest BCUT2D eigenvalue weighted by molar-refractivity contribution is 0.355. The summed E-state index contributed by atoms with van der Waals surface area (Å²) >= 11 is 6.33. The third kappa shape index (κ3) is 4.40. The Morgan fingerprint density at radius 2 is 1.55 bits per heavy atom. The Morgan fingerprint density at radius 1 is 0.879 bits per heavy atom. The van der Waals surface area contributed by atoms with Gasteiger partial charge in [-0.1, -0.05) is 29.8 Å². The number of halogens is 2. The first kappa shape index (κ1) is 22.4. The standard InChI is InChI=1S/C25H20ClFN2O4/c1-31-21-10-9-17(12-19(21)26)29-24(11-6-15-4-7-16(27)8-5-15)28-20-14-23(33-3)22(32-2)13-18(20)25(29)30/h4-14H,1-3H3. The molecule has 0 amide bonds. The minimum Gasteiger partial charge on any atom is -0.495 e. The topological polar surface area (TPSA) is 62.6 Å². The van der Waals surface area contributed by atoms with Crippen LogP contribution in [0.1, 0.15) is 11.4 Å². The van der Waals surface area contributed by atoms with Crippen LogP contribution in [-0.4, -0.2) is 30.9 Å². The van der Waals surface area contributed by atoms with Crippen molar-refractivity contribution in [3.63, 3.8) is 0 Å². The molecule has 0 spiro atoms. The zero-order valence-corrected chi connectivity index (χ0v) is 18.9. The van der Waals surface area contributed by atoms with Crippen molar-refractivity contribution in [3.8, 4) is 22.9 Å². The molecule has 1 aromatic heterocycles. The summed E-state index contributed by atoms with van der Waals surface area (Å²) in [7, 11) is 4.53. The number of aromatic nitrogens is 2. The van der Waals surface area contributed by atoms with E-state index in [2.05, 4.69) is 0 Å². The van der Waals surface area contributed by atoms with Gasteiger partial charge in [-0.05, 0) is 48.0 Å². The summed E-state index contributed by atoms with van der Waals surface area (Å²) in [4.78, 5) is 18.3. The highest BCUT2D eigenvalue weighted by atomic mass is 35.5. The van der Waals surface area contributed by atoms with E-state index < -0.39 is 0 Å². The van der Waals surface area contributed by atoms with Crippen LogP contribution >= 0.6 is 11.6 Å². The molecule has 0 aliphatic carbocycles. The molecule has 0 bridgehead atoms. The van der Waals surface area contributed by atoms with E-state index in [1.807, 2.05) is 0 Å². The van der Waals surface area contributed by atoms with Gasteiger partial charge in [0.1, 0.15) is 17.4 Å². The number of methoxy groups -OCH3 is 3. The molecule has 0 saturated carbocycles. The van der Waals surface area contributed by atoms with Crippen molar-refractivity contribution >= 4 is 34.7 Å². The highest BCUT2D eigenvalue weighted by Crippen LogP contribution is 2.31. The quantitative estimate of drug-likeness (QED) is 0.382. The van der Waals surface area contributed by atoms with Gasteiger partial charge in [0.05, 0.1) is 42.9 Å². The molecule has 0 aliphatic heterocycles. The minimum absolute atomic E-state index is 0.319. The molecule has 0 fully saturated rings. The van der Waals surface area contributed by atoms with Gasteiger partial charge < -0.3 is 14.2 Å². The lowest BCUT2D eigenvalue weighted by Crippen LogP contribution is -2.22. The normalized spacial score (nSPS) is 11.2. The molecule has 0 aliphatic rings. The Balaban J connectivity index is 1.98. The van der Waals surface area contributed by atoms with Crippen molar-refractivity contribution < 1.29 is 18.6 Å². The van der Waals surface area contributed by atoms with Crippen LogP contribution in [0.15, 0.2) is 59.4 Å². The Morgan fingerprint density at radius 3 is 2.18 bits per heavy atom. The van der Waals surface area contributed by atoms with Crippen LogP contribution in [0.5, 0.6) is 17.2 Å². The summed E-state index contributed by atoms with van der Waals surface area (Å²) in [5, 5.41) is 0.696. The number of rotatable bonds is 6. The molecule has 0 saturated heterocycles. The van der Waals surface area contributed by atoms with Crippen molar-refractivity contribution in [2.45, 2.75) is 0 Å². The van der Waals surface area contributed by atoms with Crippen molar-refractivity contribution in [2.24, 2.45) is 0 Å². The monoisotopic (exact) mass is 466 g/mol. The third-order valence-corrected chi connectivity index (χ3v) is 5.38. The Kier molecular flexibility index (Phi) is 6.33. The fourth-order valence-electron chi connectivity index (χ4n) is 3.43. The fraction of sp³-hybridized carbons (Fsp3) is 0.120. The highest BCUT2D eigenvalue weighted by Gasteiger charge is 2.16. The second-order valence-electron chi connectivity index (χ2n) is 7.04. The number of fused-ring (bicyclic) bond motifs is 1. The molecule has 0 unspecified atom stereocenters. The van der Waals surface area contributed by atoms with Gasteiger partial charge in [0, 0.05) is 6.07 Å². The smallest absolute Gasteiger partial charge is 0.266 e. The van der Waals surface area contributed by atoms with E-state index in [0.29, 0.717) is 44.7 Å². The Hall–Kier alpha value is -3.84. The van der Waals surface area contributed by atoms with E-state index in [-0.39, 0.29) is 11.4 Å². The van der Waals surface area contributed by atoms with E-state index in [9.17, 15) is 9.18 Å². The van der Waals surface area contributed by atoms with Gasteiger partial charge in [-0.3, -0.25) is 9.36 Å². The molecule has 8 heteroatoms. The zero-order chi connectivity index (χ0) is 23.5. The predicted molar refractivity (Wildman–Crippen MR) is 127 cm³/mol. The van der Waals surface area contributed by atoms with Crippen LogP contribution in [0.4, 0.5) is 4.39 Å². The Labute approximate surface area is 194 Å². The second-order valence-corrected chi connectivity index (χ2v) is 7.45. The third-order valence-electron chi connectivity index (χ3n) is 5.09. The maximum Gasteiger partial charge on any atom is 0.266 e. The number of ether oxygens (including phenoxy) is 3. The molecule has 3 aromatic carbocycles. The predicted octanol–water partition coefficient (Wildman–Crippen LogP) is 5.37. The molecule has 33 heavy (non-hydrogen) atoms. The average molecular weight is 467 g/mol. The maximum atomic E-state index is 13.6. The molecule has 0 atom stereocenters. The number of nitrogens with zero attached hydrogens (tertiary/aromatic N) is 2. The van der Waals surface area contributed by atoms with Crippen LogP contribution in [-0.2, 0) is 0 Å². The van der Waals surface area contributed by atoms with Gasteiger partial charge in [0.15, 0.2) is 11.5 Å². The lowest BCUT2D eigenvalue weighted by atomic mass is 10.2. The maximum absolute atomic E-state index is 13.6. The molecule has 0 radical (unpaired) electrons. The van der Waals surface area contributed by atoms with Gasteiger partial charge in [-0.2, -0.15) is 0 Å². The van der Waals surface area contributed by atoms with Crippen LogP contribution in [0.25, 0.3) is 28.7 Å². The summed E-state index contributed by atoms with van der Waals surface area (Å²) in [5.41, 5.74) is 1.37. The number of benzene rings is 3. The van der Waals surface area contributed by atoms with E-state index >= 15 is 0 Å². The zero-order valence-electron chi connectivity index (χ0n) is 18.1. The fourth-order valence-corrected chi connectivity index (χ4v) is 3.68. The molecule has 0 N–H and O–H groups in total. The van der Waals surface area contributed by atoms with Crippen molar-refractivity contribution in [2.75, 3.05) is 21.3 Å². The summed E-state index contributed by atoms with van der Waals surface area (Å²) in [5.74, 6) is 1.37. The first-order valence-electron chi connectivity index (χ1n) is 9.91. The summed E-state index contributed by atoms with van der Waals surface area (Å²) in [6.07, 6.45) is 3.43. The van der Waals surface area contributed by atoms with Crippen LogP contribution in [0, 0.1) is 5.82 Å². The summed E-state index contributed by atoms with van der Waals surface area (Å²) in [6.45, 7) is 0. The van der Waals surface area contributed by atoms with Crippen molar-refractivity contribution in [3.05, 3.63) is 87.2 Å². The van der Waals surface area contributed by atoms with E-state index in [1.54, 1.807) is 54.6 Å². The largest absolute Gasteiger partial charge is 0.495 e. The number of hydrogen-bond acceptors (Lipinski definition) is 5. The molecule has 4 rings (SSSR count). The molecular weight excluding hydrogens is 447 g/mol. The van der Waals surface area contributed by atoms with E-state index in [0.717, 1.165) is 5.56 Å². The van der Waals surface area contributed by atoms with E-state index in [1.165, 1.54) is 38.0 Å². The van der Waals surface area contributed by atoms with Crippen molar-refractivity contribution in [1.29, 1.82) is 0 Å². The van der Waals surface area contributed by atoms with Gasteiger partial charge in [-0.25, -0.2) is 9.37 Å². The molecular formula is C25H20ClFN2O4. The van der Waals surface area contributed by atoms with Crippen molar-refractivity contribution in [1.82, 2.24) is 9.55 Å². The van der Waals surface area contributed by atoms with Gasteiger partial charge in [0.2, 0.25) is 0 Å². The minimum atomic E-state index is -0.332. The summed E-state index contributed by atoms with van der Waals surface area (Å²) in [6, 6.07) is 14.3. The second kappa shape index (κ2) is 9.34. The number of hydrogen-bond donors (Lipinski definition) is 0. The first-order chi connectivity index (χ1) is 15.9. The van der Waals surface area contributed by atoms with Crippen LogP contribution in [0.3, 0.4) is 0 Å². The van der Waals surface area contributed by atoms with Gasteiger partial charge in [0.25, 0.3) is 5.56 Å². The average Bonchev–Trinajstić information content (AvgIpc) is 2.83. The van der Waals surface area contributed by atoms with Gasteiger partial charge >= 0.3 is 0 Å². The highest BCUT2D eigenvalue weighted by molar-refractivity contribution is 6.32. The van der Waals surface area contributed by atoms with Gasteiger partial charge in [-0.15, -0.1) is 0 Å². The van der Waals surface area contributed by atoms with E-state index in [4.69, 9.17) is 30.8 Å². The lowest BCUT2D eigenvalue weighted by Gasteiger charge is -2.14. The van der Waals surface area contributed by atoms with Crippen LogP contribution < -0.4 is 19.8 Å².